The van der Waals surface area contributed by atoms with Crippen molar-refractivity contribution < 1.29 is 32.6 Å². The SMILES string of the molecule is COCCOc1cc(F)cc(F)c1-c1c(-c2cc3n(n2)CC(C)N(C(=O)OC(C)(C)C)C3)nc(N(C)/C=C\C=C/C=O)c2ccsc12. The van der Waals surface area contributed by atoms with E-state index in [4.69, 9.17) is 24.3 Å². The van der Waals surface area contributed by atoms with E-state index in [2.05, 4.69) is 0 Å². The van der Waals surface area contributed by atoms with E-state index in [1.807, 2.05) is 56.9 Å². The first-order valence-corrected chi connectivity index (χ1v) is 15.9. The third kappa shape index (κ3) is 7.36. The molecule has 0 saturated carbocycles. The van der Waals surface area contributed by atoms with Crippen LogP contribution in [-0.2, 0) is 27.4 Å². The quantitative estimate of drug-likeness (QED) is 0.0775. The summed E-state index contributed by atoms with van der Waals surface area (Å²) in [5.41, 5.74) is 1.32. The Balaban J connectivity index is 1.71. The molecule has 5 rings (SSSR count). The second kappa shape index (κ2) is 14.0. The van der Waals surface area contributed by atoms with E-state index >= 15 is 4.39 Å². The lowest BCUT2D eigenvalue weighted by Crippen LogP contribution is -2.46. The number of benzene rings is 1. The number of aromatic nitrogens is 3. The molecule has 1 aromatic carbocycles. The van der Waals surface area contributed by atoms with Crippen LogP contribution in [0.1, 0.15) is 33.4 Å². The molecule has 0 radical (unpaired) electrons. The number of ether oxygens (including phenoxy) is 3. The zero-order chi connectivity index (χ0) is 33.9. The Bertz CT molecular complexity index is 1840. The van der Waals surface area contributed by atoms with Crippen molar-refractivity contribution in [1.82, 2.24) is 19.7 Å². The van der Waals surface area contributed by atoms with Crippen LogP contribution in [0.15, 0.2) is 54.1 Å². The van der Waals surface area contributed by atoms with Gasteiger partial charge in [-0.25, -0.2) is 18.6 Å². The Hall–Kier alpha value is -4.62. The fourth-order valence-electron chi connectivity index (χ4n) is 5.30. The normalized spacial score (nSPS) is 15.1. The number of nitrogens with zero attached hydrogens (tertiary/aromatic N) is 5. The number of pyridine rings is 1. The molecule has 1 aliphatic rings. The van der Waals surface area contributed by atoms with Gasteiger partial charge in [0.2, 0.25) is 0 Å². The summed E-state index contributed by atoms with van der Waals surface area (Å²) < 4.78 is 49.7. The van der Waals surface area contributed by atoms with Crippen LogP contribution in [-0.4, -0.2) is 71.1 Å². The number of allylic oxidation sites excluding steroid dienone is 3. The maximum Gasteiger partial charge on any atom is 0.410 e. The van der Waals surface area contributed by atoms with Gasteiger partial charge in [-0.3, -0.25) is 14.4 Å². The number of anilines is 1. The van der Waals surface area contributed by atoms with E-state index < -0.39 is 23.3 Å². The smallest absolute Gasteiger partial charge is 0.410 e. The van der Waals surface area contributed by atoms with Crippen LogP contribution in [0, 0.1) is 11.6 Å². The van der Waals surface area contributed by atoms with Crippen LogP contribution in [0.5, 0.6) is 5.75 Å². The van der Waals surface area contributed by atoms with Crippen molar-refractivity contribution in [2.45, 2.75) is 52.4 Å². The minimum atomic E-state index is -0.816. The molecule has 4 heterocycles. The molecule has 0 spiro atoms. The molecule has 1 aliphatic heterocycles. The van der Waals surface area contributed by atoms with Crippen LogP contribution in [0.25, 0.3) is 32.6 Å². The van der Waals surface area contributed by atoms with Gasteiger partial charge >= 0.3 is 6.09 Å². The molecule has 1 atom stereocenters. The number of thiophene rings is 1. The van der Waals surface area contributed by atoms with Crippen molar-refractivity contribution in [3.63, 3.8) is 0 Å². The molecule has 1 amide bonds. The molecule has 13 heteroatoms. The first kappa shape index (κ1) is 33.7. The molecular formula is C34H37F2N5O5S. The standard InChI is InChI=1S/C34H37F2N5O5S/c1-21-19-41-23(20-40(21)33(43)46-34(2,3)4)18-26(38-41)30-29(28-25(36)16-22(35)17-27(28)45-14-13-44-6)31-24(10-15-47-31)32(37-30)39(5)11-8-7-9-12-42/h7-12,15-18,21H,13-14,19-20H2,1-6H3/b9-7-,11-8-. The highest BCUT2D eigenvalue weighted by Crippen LogP contribution is 2.47. The zero-order valence-corrected chi connectivity index (χ0v) is 27.9. The monoisotopic (exact) mass is 665 g/mol. The highest BCUT2D eigenvalue weighted by atomic mass is 32.1. The molecule has 1 unspecified atom stereocenters. The van der Waals surface area contributed by atoms with Crippen molar-refractivity contribution in [2.24, 2.45) is 0 Å². The van der Waals surface area contributed by atoms with E-state index in [0.717, 1.165) is 23.2 Å². The van der Waals surface area contributed by atoms with Crippen LogP contribution in [0.3, 0.4) is 0 Å². The van der Waals surface area contributed by atoms with Gasteiger partial charge in [-0.1, -0.05) is 6.08 Å². The van der Waals surface area contributed by atoms with Gasteiger partial charge in [0.15, 0.2) is 0 Å². The number of carbonyl (C=O) groups excluding carboxylic acids is 2. The van der Waals surface area contributed by atoms with Crippen molar-refractivity contribution in [2.75, 3.05) is 32.3 Å². The van der Waals surface area contributed by atoms with E-state index in [-0.39, 0.29) is 37.1 Å². The summed E-state index contributed by atoms with van der Waals surface area (Å²) in [5, 5.41) is 7.49. The number of fused-ring (bicyclic) bond motifs is 2. The van der Waals surface area contributed by atoms with Gasteiger partial charge in [-0.2, -0.15) is 5.10 Å². The highest BCUT2D eigenvalue weighted by molar-refractivity contribution is 7.18. The molecule has 0 N–H and O–H groups in total. The first-order chi connectivity index (χ1) is 22.4. The molecular weight excluding hydrogens is 628 g/mol. The minimum absolute atomic E-state index is 0.00555. The topological polar surface area (TPSA) is 99.0 Å². The van der Waals surface area contributed by atoms with Gasteiger partial charge in [-0.15, -0.1) is 11.3 Å². The Morgan fingerprint density at radius 3 is 2.66 bits per heavy atom. The van der Waals surface area contributed by atoms with Crippen LogP contribution < -0.4 is 9.64 Å². The number of methoxy groups -OCH3 is 1. The molecule has 248 valence electrons. The number of hydrogen-bond acceptors (Lipinski definition) is 9. The summed E-state index contributed by atoms with van der Waals surface area (Å²) in [6.45, 7) is 8.31. The molecule has 0 fully saturated rings. The number of halogens is 2. The average molecular weight is 666 g/mol. The summed E-state index contributed by atoms with van der Waals surface area (Å²) in [4.78, 5) is 32.3. The fraction of sp³-hybridized carbons (Fsp3) is 0.353. The first-order valence-electron chi connectivity index (χ1n) is 15.0. The molecule has 0 bridgehead atoms. The van der Waals surface area contributed by atoms with Crippen molar-refractivity contribution >= 4 is 39.6 Å². The van der Waals surface area contributed by atoms with Gasteiger partial charge in [0.1, 0.15) is 53.1 Å². The summed E-state index contributed by atoms with van der Waals surface area (Å²) in [7, 11) is 3.32. The van der Waals surface area contributed by atoms with E-state index in [9.17, 15) is 14.0 Å². The van der Waals surface area contributed by atoms with E-state index in [1.165, 1.54) is 24.5 Å². The summed E-state index contributed by atoms with van der Waals surface area (Å²) in [5.74, 6) is -1.04. The van der Waals surface area contributed by atoms with Crippen molar-refractivity contribution in [3.05, 3.63) is 71.4 Å². The number of hydrogen-bond donors (Lipinski definition) is 0. The van der Waals surface area contributed by atoms with E-state index in [1.54, 1.807) is 28.2 Å². The van der Waals surface area contributed by atoms with Crippen molar-refractivity contribution in [3.8, 4) is 28.3 Å². The fourth-order valence-corrected chi connectivity index (χ4v) is 6.24. The van der Waals surface area contributed by atoms with Gasteiger partial charge in [0, 0.05) is 48.1 Å². The van der Waals surface area contributed by atoms with E-state index in [0.29, 0.717) is 40.3 Å². The van der Waals surface area contributed by atoms with Crippen molar-refractivity contribution in [1.29, 1.82) is 0 Å². The molecule has 0 saturated heterocycles. The van der Waals surface area contributed by atoms with Gasteiger partial charge in [0.25, 0.3) is 0 Å². The van der Waals surface area contributed by atoms with Crippen LogP contribution >= 0.6 is 11.3 Å². The molecule has 3 aromatic heterocycles. The van der Waals surface area contributed by atoms with Gasteiger partial charge in [-0.05, 0) is 57.4 Å². The maximum absolute atomic E-state index is 16.0. The highest BCUT2D eigenvalue weighted by Gasteiger charge is 2.33. The Morgan fingerprint density at radius 2 is 1.94 bits per heavy atom. The summed E-state index contributed by atoms with van der Waals surface area (Å²) >= 11 is 1.38. The molecule has 10 nitrogen and oxygen atoms in total. The van der Waals surface area contributed by atoms with Crippen LogP contribution in [0.2, 0.25) is 0 Å². The molecule has 0 aliphatic carbocycles. The average Bonchev–Trinajstić information content (AvgIpc) is 3.65. The van der Waals surface area contributed by atoms with Gasteiger partial charge < -0.3 is 19.1 Å². The number of aldehydes is 1. The Morgan fingerprint density at radius 1 is 1.15 bits per heavy atom. The summed E-state index contributed by atoms with van der Waals surface area (Å²) in [6.07, 6.45) is 6.67. The zero-order valence-electron chi connectivity index (χ0n) is 27.1. The lowest BCUT2D eigenvalue weighted by atomic mass is 9.98. The largest absolute Gasteiger partial charge is 0.490 e. The second-order valence-corrected chi connectivity index (χ2v) is 13.0. The predicted molar refractivity (Wildman–Crippen MR) is 178 cm³/mol. The van der Waals surface area contributed by atoms with Crippen LogP contribution in [0.4, 0.5) is 19.4 Å². The molecule has 47 heavy (non-hydrogen) atoms. The predicted octanol–water partition coefficient (Wildman–Crippen LogP) is 6.97. The lowest BCUT2D eigenvalue weighted by Gasteiger charge is -2.35. The third-order valence-electron chi connectivity index (χ3n) is 7.38. The Labute approximate surface area is 275 Å². The molecule has 4 aromatic rings. The Kier molecular flexibility index (Phi) is 10.1. The maximum atomic E-state index is 16.0. The minimum Gasteiger partial charge on any atom is -0.490 e. The number of amides is 1. The van der Waals surface area contributed by atoms with Gasteiger partial charge in [0.05, 0.1) is 37.0 Å². The number of rotatable bonds is 10. The third-order valence-corrected chi connectivity index (χ3v) is 8.31. The lowest BCUT2D eigenvalue weighted by molar-refractivity contribution is -0.104. The summed E-state index contributed by atoms with van der Waals surface area (Å²) in [6, 6.07) is 5.47. The second-order valence-electron chi connectivity index (χ2n) is 12.1. The number of carbonyl (C=O) groups is 2.